The van der Waals surface area contributed by atoms with E-state index in [4.69, 9.17) is 4.84 Å². The zero-order valence-electron chi connectivity index (χ0n) is 27.2. The number of aliphatic carboxylic acids is 1. The molecule has 5 rings (SSSR count). The quantitative estimate of drug-likeness (QED) is 0.0994. The summed E-state index contributed by atoms with van der Waals surface area (Å²) >= 11 is 0. The minimum Gasteiger partial charge on any atom is -0.480 e. The van der Waals surface area contributed by atoms with Gasteiger partial charge in [0.1, 0.15) is 17.4 Å². The smallest absolute Gasteiger partial charge is 0.354 e. The third-order valence-corrected chi connectivity index (χ3v) is 8.88. The van der Waals surface area contributed by atoms with Gasteiger partial charge in [0.25, 0.3) is 21.9 Å². The number of carbonyl (C=O) groups excluding carboxylic acids is 3. The van der Waals surface area contributed by atoms with E-state index >= 15 is 0 Å². The van der Waals surface area contributed by atoms with E-state index < -0.39 is 87.8 Å². The van der Waals surface area contributed by atoms with Gasteiger partial charge in [0, 0.05) is 25.5 Å². The fraction of sp³-hybridized carbons (Fsp3) is 0.212. The number of imide groups is 1. The van der Waals surface area contributed by atoms with Crippen LogP contribution in [0.3, 0.4) is 0 Å². The molecular formula is C33H28N6O13S. The topological polar surface area (TPSA) is 285 Å². The van der Waals surface area contributed by atoms with Crippen LogP contribution >= 0.6 is 0 Å². The SMILES string of the molecule is O=C(CC[C@@H](C(=O)O)N(Cc1cc(C(=O)O)nc(-c2ccccn2)c1)Cc1cc(C(=O)O)nc(-c2ccccn2)c1)ON1C(=O)CC(S(=O)(=O)O)C1=O. The van der Waals surface area contributed by atoms with Gasteiger partial charge in [-0.05, 0) is 66.1 Å². The van der Waals surface area contributed by atoms with E-state index in [0.29, 0.717) is 11.4 Å². The summed E-state index contributed by atoms with van der Waals surface area (Å²) in [5, 5.41) is 27.8. The molecule has 19 nitrogen and oxygen atoms in total. The number of amides is 2. The highest BCUT2D eigenvalue weighted by Gasteiger charge is 2.48. The Hall–Kier alpha value is -6.51. The van der Waals surface area contributed by atoms with Crippen LogP contribution in [-0.4, -0.2) is 105 Å². The van der Waals surface area contributed by atoms with Gasteiger partial charge in [-0.3, -0.25) is 33.8 Å². The van der Waals surface area contributed by atoms with Gasteiger partial charge in [0.2, 0.25) is 0 Å². The van der Waals surface area contributed by atoms with E-state index in [0.717, 1.165) is 0 Å². The van der Waals surface area contributed by atoms with Crippen LogP contribution in [0.2, 0.25) is 0 Å². The third-order valence-electron chi connectivity index (χ3n) is 7.80. The Morgan fingerprint density at radius 2 is 1.32 bits per heavy atom. The van der Waals surface area contributed by atoms with Crippen molar-refractivity contribution in [1.82, 2.24) is 29.9 Å². The fourth-order valence-corrected chi connectivity index (χ4v) is 6.09. The van der Waals surface area contributed by atoms with Crippen LogP contribution in [-0.2, 0) is 47.2 Å². The van der Waals surface area contributed by atoms with Crippen LogP contribution in [0.25, 0.3) is 22.8 Å². The molecule has 1 unspecified atom stereocenters. The van der Waals surface area contributed by atoms with Crippen LogP contribution < -0.4 is 0 Å². The predicted octanol–water partition coefficient (Wildman–Crippen LogP) is 1.71. The van der Waals surface area contributed by atoms with Gasteiger partial charge in [0.15, 0.2) is 5.25 Å². The molecule has 1 saturated heterocycles. The molecule has 4 N–H and O–H groups in total. The minimum absolute atomic E-state index is 0.110. The average molecular weight is 749 g/mol. The van der Waals surface area contributed by atoms with E-state index in [2.05, 4.69) is 19.9 Å². The molecule has 0 saturated carbocycles. The van der Waals surface area contributed by atoms with Gasteiger partial charge in [-0.1, -0.05) is 12.1 Å². The molecule has 0 bridgehead atoms. The summed E-state index contributed by atoms with van der Waals surface area (Å²) in [4.78, 5) is 97.1. The minimum atomic E-state index is -5.00. The molecule has 1 fully saturated rings. The van der Waals surface area contributed by atoms with Crippen molar-refractivity contribution < 1.29 is 61.9 Å². The zero-order valence-corrected chi connectivity index (χ0v) is 28.0. The number of aromatic carboxylic acids is 2. The maximum absolute atomic E-state index is 12.8. The van der Waals surface area contributed by atoms with Gasteiger partial charge in [-0.25, -0.2) is 24.4 Å². The van der Waals surface area contributed by atoms with Crippen LogP contribution in [0.1, 0.15) is 51.4 Å². The molecule has 1 aliphatic heterocycles. The van der Waals surface area contributed by atoms with Gasteiger partial charge in [-0.2, -0.15) is 8.42 Å². The van der Waals surface area contributed by atoms with Crippen molar-refractivity contribution in [2.45, 2.75) is 43.6 Å². The molecule has 4 aromatic heterocycles. The molecule has 2 amide bonds. The zero-order chi connectivity index (χ0) is 38.4. The Morgan fingerprint density at radius 1 is 0.811 bits per heavy atom. The second-order valence-electron chi connectivity index (χ2n) is 11.5. The van der Waals surface area contributed by atoms with Crippen molar-refractivity contribution in [2.75, 3.05) is 0 Å². The molecule has 2 atom stereocenters. The van der Waals surface area contributed by atoms with Crippen molar-refractivity contribution in [1.29, 1.82) is 0 Å². The number of aromatic nitrogens is 4. The van der Waals surface area contributed by atoms with E-state index in [1.54, 1.807) is 36.4 Å². The number of carboxylic acid groups (broad SMARTS) is 3. The van der Waals surface area contributed by atoms with E-state index in [1.807, 2.05) is 0 Å². The first kappa shape index (κ1) is 37.7. The highest BCUT2D eigenvalue weighted by molar-refractivity contribution is 7.87. The maximum Gasteiger partial charge on any atom is 0.354 e. The second kappa shape index (κ2) is 15.8. The number of carbonyl (C=O) groups is 6. The van der Waals surface area contributed by atoms with Gasteiger partial charge in [-0.15, -0.1) is 5.06 Å². The fourth-order valence-electron chi connectivity index (χ4n) is 5.39. The molecule has 0 spiro atoms. The number of hydrogen-bond donors (Lipinski definition) is 4. The summed E-state index contributed by atoms with van der Waals surface area (Å²) in [5.41, 5.74) is 0.615. The molecular weight excluding hydrogens is 720 g/mol. The Labute approximate surface area is 299 Å². The molecule has 5 heterocycles. The first-order valence-electron chi connectivity index (χ1n) is 15.4. The van der Waals surface area contributed by atoms with Crippen molar-refractivity contribution in [3.05, 3.63) is 95.6 Å². The van der Waals surface area contributed by atoms with Gasteiger partial charge in [0.05, 0.1) is 35.6 Å². The highest BCUT2D eigenvalue weighted by Crippen LogP contribution is 2.25. The summed E-state index contributed by atoms with van der Waals surface area (Å²) in [6.45, 7) is -0.616. The van der Waals surface area contributed by atoms with Crippen LogP contribution in [0, 0.1) is 0 Å². The van der Waals surface area contributed by atoms with Crippen molar-refractivity contribution in [3.8, 4) is 22.8 Å². The predicted molar refractivity (Wildman–Crippen MR) is 177 cm³/mol. The number of hydroxylamine groups is 2. The van der Waals surface area contributed by atoms with Gasteiger partial charge >= 0.3 is 23.9 Å². The molecule has 20 heteroatoms. The van der Waals surface area contributed by atoms with E-state index in [-0.39, 0.29) is 40.7 Å². The molecule has 1 aliphatic rings. The summed E-state index contributed by atoms with van der Waals surface area (Å²) in [6, 6.07) is 13.5. The Balaban J connectivity index is 1.50. The van der Waals surface area contributed by atoms with Crippen molar-refractivity contribution in [3.63, 3.8) is 0 Å². The lowest BCUT2D eigenvalue weighted by Crippen LogP contribution is -2.41. The Bertz CT molecular complexity index is 2100. The summed E-state index contributed by atoms with van der Waals surface area (Å²) in [5.74, 6) is -8.29. The van der Waals surface area contributed by atoms with Crippen LogP contribution in [0.5, 0.6) is 0 Å². The summed E-state index contributed by atoms with van der Waals surface area (Å²) in [7, 11) is -5.00. The number of hydrogen-bond acceptors (Lipinski definition) is 14. The number of carboxylic acids is 3. The molecule has 0 radical (unpaired) electrons. The molecule has 274 valence electrons. The number of nitrogens with zero attached hydrogens (tertiary/aromatic N) is 6. The number of pyridine rings is 4. The monoisotopic (exact) mass is 748 g/mol. The van der Waals surface area contributed by atoms with Crippen molar-refractivity contribution >= 4 is 45.8 Å². The first-order chi connectivity index (χ1) is 25.1. The summed E-state index contributed by atoms with van der Waals surface area (Å²) < 4.78 is 32.2. The van der Waals surface area contributed by atoms with E-state index in [1.165, 1.54) is 41.6 Å². The van der Waals surface area contributed by atoms with Gasteiger partial charge < -0.3 is 20.2 Å². The highest BCUT2D eigenvalue weighted by atomic mass is 32.2. The standard InChI is InChI=1S/C33H28N6O13S/c40-28-15-27(53(49,50)51)30(42)39(28)52-29(41)8-7-26(33(47)48)38(16-18-11-22(20-5-1-3-9-34-20)36-24(13-18)31(43)44)17-19-12-23(21-6-2-4-10-35-21)37-25(14-19)32(45)46/h1-6,9-14,26-27H,7-8,15-17H2,(H,43,44)(H,45,46)(H,47,48)(H,49,50,51)/t26-,27?/m0/s1. The first-order valence-corrected chi connectivity index (χ1v) is 16.9. The lowest BCUT2D eigenvalue weighted by molar-refractivity contribution is -0.197. The summed E-state index contributed by atoms with van der Waals surface area (Å²) in [6.07, 6.45) is 0.661. The van der Waals surface area contributed by atoms with Crippen LogP contribution in [0.4, 0.5) is 0 Å². The third kappa shape index (κ3) is 9.24. The Kier molecular flexibility index (Phi) is 11.3. The Morgan fingerprint density at radius 3 is 1.72 bits per heavy atom. The van der Waals surface area contributed by atoms with Crippen LogP contribution in [0.15, 0.2) is 73.1 Å². The molecule has 0 aromatic carbocycles. The maximum atomic E-state index is 12.8. The lowest BCUT2D eigenvalue weighted by atomic mass is 10.0. The second-order valence-corrected chi connectivity index (χ2v) is 13.1. The van der Waals surface area contributed by atoms with Crippen molar-refractivity contribution in [2.24, 2.45) is 0 Å². The largest absolute Gasteiger partial charge is 0.480 e. The average Bonchev–Trinajstić information content (AvgIpc) is 3.41. The number of rotatable bonds is 15. The lowest BCUT2D eigenvalue weighted by Gasteiger charge is -2.29. The molecule has 0 aliphatic carbocycles. The molecule has 4 aromatic rings. The molecule has 53 heavy (non-hydrogen) atoms. The normalized spacial score (nSPS) is 15.0. The van der Waals surface area contributed by atoms with E-state index in [9.17, 15) is 57.1 Å².